The van der Waals surface area contributed by atoms with Gasteiger partial charge in [-0.1, -0.05) is 6.08 Å². The molecule has 4 heterocycles. The minimum Gasteiger partial charge on any atom is -0.485 e. The van der Waals surface area contributed by atoms with Crippen LogP contribution in [0.2, 0.25) is 0 Å². The summed E-state index contributed by atoms with van der Waals surface area (Å²) in [4.78, 5) is 22.7. The summed E-state index contributed by atoms with van der Waals surface area (Å²) in [5, 5.41) is 16.0. The summed E-state index contributed by atoms with van der Waals surface area (Å²) >= 11 is 0. The molecule has 1 aliphatic carbocycles. The molecule has 1 aromatic carbocycles. The van der Waals surface area contributed by atoms with Crippen LogP contribution in [0.5, 0.6) is 11.5 Å². The number of nitriles is 1. The van der Waals surface area contributed by atoms with Gasteiger partial charge in [0.05, 0.1) is 41.8 Å². The zero-order valence-electron chi connectivity index (χ0n) is 21.6. The number of carbonyl (C=O) groups excluding carboxylic acids is 1. The molecule has 2 saturated heterocycles. The maximum Gasteiger partial charge on any atom is 0.257 e. The molecule has 0 atom stereocenters. The Balaban J connectivity index is 1.21. The van der Waals surface area contributed by atoms with E-state index in [0.29, 0.717) is 59.8 Å². The fourth-order valence-corrected chi connectivity index (χ4v) is 5.80. The molecule has 198 valence electrons. The van der Waals surface area contributed by atoms with Crippen LogP contribution in [-0.4, -0.2) is 86.4 Å². The van der Waals surface area contributed by atoms with Crippen LogP contribution in [0.15, 0.2) is 24.3 Å². The fraction of sp³-hybridized carbons (Fsp3) is 0.464. The molecular formula is C28H32N6O4. The molecule has 38 heavy (non-hydrogen) atoms. The van der Waals surface area contributed by atoms with Crippen molar-refractivity contribution in [3.8, 4) is 17.6 Å². The van der Waals surface area contributed by atoms with Crippen LogP contribution in [0.25, 0.3) is 5.57 Å². The molecule has 0 saturated carbocycles. The Morgan fingerprint density at radius 3 is 2.55 bits per heavy atom. The van der Waals surface area contributed by atoms with E-state index in [0.717, 1.165) is 69.2 Å². The number of aromatic nitrogens is 1. The molecule has 0 unspecified atom stereocenters. The zero-order chi connectivity index (χ0) is 26.1. The smallest absolute Gasteiger partial charge is 0.257 e. The number of amides is 1. The first kappa shape index (κ1) is 24.5. The Bertz CT molecular complexity index is 1310. The lowest BCUT2D eigenvalue weighted by atomic mass is 10.0. The van der Waals surface area contributed by atoms with Crippen molar-refractivity contribution in [3.05, 3.63) is 41.1 Å². The van der Waals surface area contributed by atoms with E-state index >= 15 is 0 Å². The Hall–Kier alpha value is -3.81. The van der Waals surface area contributed by atoms with Crippen molar-refractivity contribution in [3.63, 3.8) is 0 Å². The van der Waals surface area contributed by atoms with Crippen LogP contribution in [0.3, 0.4) is 0 Å². The molecule has 6 rings (SSSR count). The van der Waals surface area contributed by atoms with Crippen LogP contribution in [0, 0.1) is 11.3 Å². The third-order valence-electron chi connectivity index (χ3n) is 7.75. The summed E-state index contributed by atoms with van der Waals surface area (Å²) in [5.41, 5.74) is 4.36. The van der Waals surface area contributed by atoms with Crippen LogP contribution in [-0.2, 0) is 11.2 Å². The summed E-state index contributed by atoms with van der Waals surface area (Å²) in [7, 11) is 1.83. The molecule has 0 spiro atoms. The van der Waals surface area contributed by atoms with E-state index in [9.17, 15) is 10.1 Å². The number of hydrogen-bond donors (Lipinski definition) is 2. The Morgan fingerprint density at radius 2 is 1.82 bits per heavy atom. The number of carbonyl (C=O) groups is 1. The number of anilines is 3. The van der Waals surface area contributed by atoms with Gasteiger partial charge in [-0.05, 0) is 25.0 Å². The van der Waals surface area contributed by atoms with Crippen LogP contribution in [0.1, 0.15) is 34.5 Å². The van der Waals surface area contributed by atoms with Gasteiger partial charge in [0.1, 0.15) is 19.0 Å². The fourth-order valence-electron chi connectivity index (χ4n) is 5.80. The molecule has 2 fully saturated rings. The molecule has 2 N–H and O–H groups in total. The van der Waals surface area contributed by atoms with Crippen molar-refractivity contribution in [2.45, 2.75) is 25.3 Å². The molecule has 0 bridgehead atoms. The van der Waals surface area contributed by atoms with Gasteiger partial charge in [0.25, 0.3) is 5.91 Å². The lowest BCUT2D eigenvalue weighted by Gasteiger charge is -2.40. The number of hydrogen-bond acceptors (Lipinski definition) is 9. The number of rotatable bonds is 5. The molecule has 10 nitrogen and oxygen atoms in total. The highest BCUT2D eigenvalue weighted by Gasteiger charge is 2.32. The first-order valence-electron chi connectivity index (χ1n) is 13.3. The van der Waals surface area contributed by atoms with Crippen molar-refractivity contribution in [1.82, 2.24) is 14.8 Å². The Kier molecular flexibility index (Phi) is 6.79. The summed E-state index contributed by atoms with van der Waals surface area (Å²) in [6, 6.07) is 8.30. The van der Waals surface area contributed by atoms with Crippen molar-refractivity contribution >= 4 is 28.7 Å². The standard InChI is InChI=1S/C28H32N6O4/c1-30-23-16-24(31-21-4-2-18(17-29)25(21)23)32-22-5-3-20(26-27(22)38-15-14-37-26)28(35)34-8-6-19(7-9-34)33-10-12-36-13-11-33/h2-3,5,16,19H,4,6-15H2,1H3,(H2,30,31,32). The van der Waals surface area contributed by atoms with Crippen molar-refractivity contribution in [2.24, 2.45) is 0 Å². The second-order valence-electron chi connectivity index (χ2n) is 9.87. The Morgan fingerprint density at radius 1 is 1.05 bits per heavy atom. The van der Waals surface area contributed by atoms with E-state index in [1.54, 1.807) is 0 Å². The molecule has 4 aliphatic rings. The molecule has 0 radical (unpaired) electrons. The van der Waals surface area contributed by atoms with Crippen LogP contribution in [0.4, 0.5) is 17.2 Å². The zero-order valence-corrected chi connectivity index (χ0v) is 21.6. The average molecular weight is 517 g/mol. The van der Waals surface area contributed by atoms with E-state index in [-0.39, 0.29) is 5.91 Å². The number of allylic oxidation sites excluding steroid dienone is 2. The van der Waals surface area contributed by atoms with E-state index in [4.69, 9.17) is 19.2 Å². The number of nitrogens with zero attached hydrogens (tertiary/aromatic N) is 4. The topological polar surface area (TPSA) is 112 Å². The lowest BCUT2D eigenvalue weighted by Crippen LogP contribution is -2.50. The largest absolute Gasteiger partial charge is 0.485 e. The number of benzene rings is 1. The van der Waals surface area contributed by atoms with E-state index in [1.165, 1.54) is 0 Å². The Labute approximate surface area is 222 Å². The minimum absolute atomic E-state index is 0.0260. The van der Waals surface area contributed by atoms with Gasteiger partial charge < -0.3 is 29.7 Å². The van der Waals surface area contributed by atoms with Gasteiger partial charge in [-0.25, -0.2) is 4.98 Å². The normalized spacial score (nSPS) is 19.4. The third-order valence-corrected chi connectivity index (χ3v) is 7.75. The number of morpholine rings is 1. The quantitative estimate of drug-likeness (QED) is 0.619. The summed E-state index contributed by atoms with van der Waals surface area (Å²) in [6.45, 7) is 5.75. The number of pyridine rings is 1. The van der Waals surface area contributed by atoms with Gasteiger partial charge in [0.2, 0.25) is 0 Å². The van der Waals surface area contributed by atoms with Crippen LogP contribution < -0.4 is 20.1 Å². The van der Waals surface area contributed by atoms with Crippen LogP contribution >= 0.6 is 0 Å². The van der Waals surface area contributed by atoms with Gasteiger partial charge in [-0.2, -0.15) is 5.26 Å². The second kappa shape index (κ2) is 10.5. The van der Waals surface area contributed by atoms with E-state index in [1.807, 2.05) is 36.2 Å². The number of piperidine rings is 1. The number of ether oxygens (including phenoxy) is 3. The molecule has 10 heteroatoms. The van der Waals surface area contributed by atoms with Gasteiger partial charge in [-0.15, -0.1) is 0 Å². The van der Waals surface area contributed by atoms with E-state index < -0.39 is 0 Å². The number of nitrogens with one attached hydrogen (secondary N) is 2. The second-order valence-corrected chi connectivity index (χ2v) is 9.87. The van der Waals surface area contributed by atoms with Gasteiger partial charge in [-0.3, -0.25) is 9.69 Å². The number of fused-ring (bicyclic) bond motifs is 2. The van der Waals surface area contributed by atoms with Gasteiger partial charge in [0.15, 0.2) is 11.5 Å². The SMILES string of the molecule is CNc1cc(Nc2ccc(C(=O)N3CCC(N4CCOCC4)CC3)c3c2OCCO3)nc2c1C(C#N)=CC2. The maximum atomic E-state index is 13.6. The molecule has 1 amide bonds. The molecule has 1 aromatic heterocycles. The third kappa shape index (κ3) is 4.52. The van der Waals surface area contributed by atoms with Crippen molar-refractivity contribution in [2.75, 3.05) is 70.3 Å². The van der Waals surface area contributed by atoms with E-state index in [2.05, 4.69) is 21.6 Å². The lowest BCUT2D eigenvalue weighted by molar-refractivity contribution is 0.00152. The predicted molar refractivity (Wildman–Crippen MR) is 143 cm³/mol. The first-order valence-corrected chi connectivity index (χ1v) is 13.3. The molecule has 3 aliphatic heterocycles. The first-order chi connectivity index (χ1) is 18.7. The minimum atomic E-state index is -0.0260. The van der Waals surface area contributed by atoms with Crippen molar-refractivity contribution in [1.29, 1.82) is 5.26 Å². The van der Waals surface area contributed by atoms with Gasteiger partial charge in [0, 0.05) is 63.0 Å². The predicted octanol–water partition coefficient (Wildman–Crippen LogP) is 3.04. The molecule has 2 aromatic rings. The highest BCUT2D eigenvalue weighted by atomic mass is 16.6. The number of likely N-dealkylation sites (tertiary alicyclic amines) is 1. The average Bonchev–Trinajstić information content (AvgIpc) is 3.40. The highest BCUT2D eigenvalue weighted by Crippen LogP contribution is 2.43. The molecular weight excluding hydrogens is 484 g/mol. The summed E-state index contributed by atoms with van der Waals surface area (Å²) < 4.78 is 17.5. The van der Waals surface area contributed by atoms with Crippen molar-refractivity contribution < 1.29 is 19.0 Å². The summed E-state index contributed by atoms with van der Waals surface area (Å²) in [5.74, 6) is 1.60. The summed E-state index contributed by atoms with van der Waals surface area (Å²) in [6.07, 6.45) is 4.43. The highest BCUT2D eigenvalue weighted by molar-refractivity contribution is 5.99. The monoisotopic (exact) mass is 516 g/mol. The van der Waals surface area contributed by atoms with Gasteiger partial charge >= 0.3 is 0 Å². The maximum absolute atomic E-state index is 13.6.